The van der Waals surface area contributed by atoms with Crippen LogP contribution >= 0.6 is 11.6 Å². The molecular weight excluding hydrogens is 334 g/mol. The number of aromatic nitrogens is 3. The van der Waals surface area contributed by atoms with E-state index in [9.17, 15) is 9.59 Å². The molecular formula is C16H16ClN3O4. The summed E-state index contributed by atoms with van der Waals surface area (Å²) in [6.07, 6.45) is 2.99. The van der Waals surface area contributed by atoms with E-state index in [1.165, 1.54) is 10.9 Å². The van der Waals surface area contributed by atoms with Gasteiger partial charge in [-0.3, -0.25) is 9.36 Å². The van der Waals surface area contributed by atoms with Crippen molar-refractivity contribution in [1.29, 1.82) is 0 Å². The molecule has 126 valence electrons. The Morgan fingerprint density at radius 3 is 2.96 bits per heavy atom. The fourth-order valence-corrected chi connectivity index (χ4v) is 2.76. The van der Waals surface area contributed by atoms with E-state index in [-0.39, 0.29) is 5.97 Å². The van der Waals surface area contributed by atoms with Gasteiger partial charge in [-0.05, 0) is 25.8 Å². The number of esters is 1. The molecule has 0 amide bonds. The van der Waals surface area contributed by atoms with Crippen LogP contribution in [0.4, 0.5) is 0 Å². The molecule has 0 saturated heterocycles. The Kier molecular flexibility index (Phi) is 4.80. The van der Waals surface area contributed by atoms with Crippen LogP contribution in [0.5, 0.6) is 0 Å². The SMILES string of the molecule is CCOC(=O)CCCCn1c(=O)oc2cc3ncnc(Cl)c3cc21. The first-order chi connectivity index (χ1) is 11.6. The zero-order valence-corrected chi connectivity index (χ0v) is 13.9. The van der Waals surface area contributed by atoms with Crippen molar-refractivity contribution in [3.63, 3.8) is 0 Å². The van der Waals surface area contributed by atoms with Crippen molar-refractivity contribution in [2.24, 2.45) is 0 Å². The number of oxazole rings is 1. The summed E-state index contributed by atoms with van der Waals surface area (Å²) in [4.78, 5) is 31.5. The predicted octanol–water partition coefficient (Wildman–Crippen LogP) is 2.92. The Morgan fingerprint density at radius 2 is 2.17 bits per heavy atom. The maximum Gasteiger partial charge on any atom is 0.419 e. The van der Waals surface area contributed by atoms with Crippen molar-refractivity contribution in [3.8, 4) is 0 Å². The Hall–Kier alpha value is -2.41. The van der Waals surface area contributed by atoms with Crippen LogP contribution in [0.1, 0.15) is 26.2 Å². The summed E-state index contributed by atoms with van der Waals surface area (Å²) in [5.74, 6) is -0.669. The lowest BCUT2D eigenvalue weighted by molar-refractivity contribution is -0.143. The lowest BCUT2D eigenvalue weighted by atomic mass is 10.2. The lowest BCUT2D eigenvalue weighted by Crippen LogP contribution is -2.14. The minimum absolute atomic E-state index is 0.225. The van der Waals surface area contributed by atoms with E-state index in [1.54, 1.807) is 19.1 Å². The molecule has 0 spiro atoms. The predicted molar refractivity (Wildman–Crippen MR) is 89.1 cm³/mol. The van der Waals surface area contributed by atoms with E-state index in [1.807, 2.05) is 0 Å². The molecule has 0 N–H and O–H groups in total. The van der Waals surface area contributed by atoms with E-state index in [4.69, 9.17) is 20.8 Å². The molecule has 0 aliphatic carbocycles. The molecule has 0 atom stereocenters. The molecule has 7 nitrogen and oxygen atoms in total. The number of aryl methyl sites for hydroxylation is 1. The molecule has 3 aromatic rings. The molecule has 0 unspecified atom stereocenters. The maximum absolute atomic E-state index is 12.1. The Bertz CT molecular complexity index is 948. The maximum atomic E-state index is 12.1. The van der Waals surface area contributed by atoms with Gasteiger partial charge >= 0.3 is 11.7 Å². The Morgan fingerprint density at radius 1 is 1.33 bits per heavy atom. The monoisotopic (exact) mass is 349 g/mol. The average molecular weight is 350 g/mol. The van der Waals surface area contributed by atoms with Crippen molar-refractivity contribution in [3.05, 3.63) is 34.2 Å². The lowest BCUT2D eigenvalue weighted by Gasteiger charge is -2.04. The number of unbranched alkanes of at least 4 members (excludes halogenated alkanes) is 1. The van der Waals surface area contributed by atoms with Gasteiger partial charge in [0.15, 0.2) is 5.58 Å². The molecule has 0 radical (unpaired) electrons. The summed E-state index contributed by atoms with van der Waals surface area (Å²) in [6, 6.07) is 3.43. The van der Waals surface area contributed by atoms with Gasteiger partial charge in [-0.25, -0.2) is 14.8 Å². The largest absolute Gasteiger partial charge is 0.466 e. The number of hydrogen-bond donors (Lipinski definition) is 0. The molecule has 0 aliphatic heterocycles. The van der Waals surface area contributed by atoms with Crippen molar-refractivity contribution in [2.45, 2.75) is 32.7 Å². The van der Waals surface area contributed by atoms with Gasteiger partial charge in [0.1, 0.15) is 11.5 Å². The molecule has 8 heteroatoms. The number of hydrogen-bond acceptors (Lipinski definition) is 6. The minimum atomic E-state index is -0.444. The highest BCUT2D eigenvalue weighted by Crippen LogP contribution is 2.25. The number of rotatable bonds is 6. The van der Waals surface area contributed by atoms with Crippen molar-refractivity contribution in [2.75, 3.05) is 6.61 Å². The quantitative estimate of drug-likeness (QED) is 0.386. The van der Waals surface area contributed by atoms with Crippen LogP contribution in [-0.4, -0.2) is 27.1 Å². The molecule has 2 aromatic heterocycles. The van der Waals surface area contributed by atoms with Gasteiger partial charge in [-0.1, -0.05) is 11.6 Å². The van der Waals surface area contributed by atoms with Gasteiger partial charge in [0, 0.05) is 24.4 Å². The second kappa shape index (κ2) is 7.00. The van der Waals surface area contributed by atoms with E-state index in [0.717, 1.165) is 0 Å². The summed E-state index contributed by atoms with van der Waals surface area (Å²) in [6.45, 7) is 2.59. The molecule has 0 saturated carbocycles. The van der Waals surface area contributed by atoms with Crippen LogP contribution < -0.4 is 5.76 Å². The van der Waals surface area contributed by atoms with Gasteiger partial charge in [-0.2, -0.15) is 0 Å². The number of fused-ring (bicyclic) bond motifs is 2. The van der Waals surface area contributed by atoms with E-state index < -0.39 is 5.76 Å². The highest BCUT2D eigenvalue weighted by Gasteiger charge is 2.13. The summed E-state index contributed by atoms with van der Waals surface area (Å²) in [5.41, 5.74) is 1.71. The van der Waals surface area contributed by atoms with Gasteiger partial charge < -0.3 is 9.15 Å². The molecule has 2 heterocycles. The van der Waals surface area contributed by atoms with E-state index in [0.29, 0.717) is 59.6 Å². The first-order valence-electron chi connectivity index (χ1n) is 7.69. The molecule has 1 aromatic carbocycles. The number of carbonyl (C=O) groups excluding carboxylic acids is 1. The second-order valence-electron chi connectivity index (χ2n) is 5.28. The molecule has 3 rings (SSSR count). The van der Waals surface area contributed by atoms with E-state index in [2.05, 4.69) is 9.97 Å². The summed E-state index contributed by atoms with van der Waals surface area (Å²) < 4.78 is 11.7. The molecule has 24 heavy (non-hydrogen) atoms. The number of ether oxygens (including phenoxy) is 1. The van der Waals surface area contributed by atoms with Crippen LogP contribution in [0.3, 0.4) is 0 Å². The third-order valence-corrected chi connectivity index (χ3v) is 4.00. The van der Waals surface area contributed by atoms with Crippen molar-refractivity contribution in [1.82, 2.24) is 14.5 Å². The zero-order chi connectivity index (χ0) is 17.1. The normalized spacial score (nSPS) is 11.2. The number of benzene rings is 1. The van der Waals surface area contributed by atoms with Gasteiger partial charge in [0.25, 0.3) is 0 Å². The molecule has 0 fully saturated rings. The fourth-order valence-electron chi connectivity index (χ4n) is 2.57. The van der Waals surface area contributed by atoms with Crippen LogP contribution in [0.15, 0.2) is 27.7 Å². The summed E-state index contributed by atoms with van der Waals surface area (Å²) in [5, 5.41) is 0.983. The summed E-state index contributed by atoms with van der Waals surface area (Å²) in [7, 11) is 0. The Labute approximate surface area is 142 Å². The third-order valence-electron chi connectivity index (χ3n) is 3.69. The zero-order valence-electron chi connectivity index (χ0n) is 13.1. The van der Waals surface area contributed by atoms with Crippen molar-refractivity contribution >= 4 is 39.6 Å². The molecule has 0 aliphatic rings. The van der Waals surface area contributed by atoms with E-state index >= 15 is 0 Å². The second-order valence-corrected chi connectivity index (χ2v) is 5.64. The summed E-state index contributed by atoms with van der Waals surface area (Å²) >= 11 is 6.09. The van der Waals surface area contributed by atoms with Crippen LogP contribution in [0, 0.1) is 0 Å². The number of halogens is 1. The first kappa shape index (κ1) is 16.4. The number of carbonyl (C=O) groups is 1. The van der Waals surface area contributed by atoms with Crippen LogP contribution in [0.25, 0.3) is 22.0 Å². The standard InChI is InChI=1S/C16H16ClN3O4/c1-2-23-14(21)5-3-4-6-20-12-7-10-11(18-9-19-15(10)17)8-13(12)24-16(20)22/h7-9H,2-6H2,1H3. The first-order valence-corrected chi connectivity index (χ1v) is 8.07. The fraction of sp³-hybridized carbons (Fsp3) is 0.375. The number of nitrogens with zero attached hydrogens (tertiary/aromatic N) is 3. The Balaban J connectivity index is 1.83. The minimum Gasteiger partial charge on any atom is -0.466 e. The van der Waals surface area contributed by atoms with Crippen LogP contribution in [-0.2, 0) is 16.1 Å². The van der Waals surface area contributed by atoms with Crippen LogP contribution in [0.2, 0.25) is 5.15 Å². The average Bonchev–Trinajstić information content (AvgIpc) is 2.85. The highest BCUT2D eigenvalue weighted by molar-refractivity contribution is 6.34. The smallest absolute Gasteiger partial charge is 0.419 e. The third kappa shape index (κ3) is 3.26. The molecule has 0 bridgehead atoms. The highest BCUT2D eigenvalue weighted by atomic mass is 35.5. The topological polar surface area (TPSA) is 87.2 Å². The van der Waals surface area contributed by atoms with Gasteiger partial charge in [0.2, 0.25) is 0 Å². The van der Waals surface area contributed by atoms with Crippen molar-refractivity contribution < 1.29 is 13.9 Å². The van der Waals surface area contributed by atoms with Gasteiger partial charge in [0.05, 0.1) is 17.6 Å². The van der Waals surface area contributed by atoms with Gasteiger partial charge in [-0.15, -0.1) is 0 Å².